The van der Waals surface area contributed by atoms with Crippen molar-refractivity contribution in [1.82, 2.24) is 9.97 Å². The molecule has 14 heteroatoms. The normalized spacial score (nSPS) is 24.4. The van der Waals surface area contributed by atoms with Crippen LogP contribution in [0.5, 0.6) is 5.75 Å². The van der Waals surface area contributed by atoms with Crippen LogP contribution in [0.3, 0.4) is 0 Å². The molecule has 7 nitrogen and oxygen atoms in total. The van der Waals surface area contributed by atoms with E-state index in [9.17, 15) is 22.0 Å². The number of amidine groups is 1. The van der Waals surface area contributed by atoms with E-state index >= 15 is 4.39 Å². The van der Waals surface area contributed by atoms with Gasteiger partial charge in [-0.15, -0.1) is 0 Å². The van der Waals surface area contributed by atoms with Crippen molar-refractivity contribution in [3.63, 3.8) is 0 Å². The molecule has 208 valence electrons. The lowest BCUT2D eigenvalue weighted by molar-refractivity contribution is -0.148. The van der Waals surface area contributed by atoms with E-state index in [4.69, 9.17) is 15.2 Å². The van der Waals surface area contributed by atoms with Crippen LogP contribution in [-0.2, 0) is 10.3 Å². The SMILES string of the molecule is COC[C@]12C[C@H]1[C@](C)(c1cc(Nc3nccc4cc(OCC(F)(F)C(F)F)cnc34)cc(F)c1F)N=C(N)S2. The highest BCUT2D eigenvalue weighted by Gasteiger charge is 2.66. The monoisotopic (exact) mass is 571 g/mol. The summed E-state index contributed by atoms with van der Waals surface area (Å²) in [5.41, 5.74) is 5.36. The molecule has 1 aliphatic heterocycles. The molecule has 1 fully saturated rings. The number of anilines is 2. The number of ether oxygens (including phenoxy) is 2. The predicted octanol–water partition coefficient (Wildman–Crippen LogP) is 5.61. The van der Waals surface area contributed by atoms with Crippen LogP contribution in [-0.4, -0.2) is 52.6 Å². The van der Waals surface area contributed by atoms with Crippen LogP contribution in [0.4, 0.5) is 37.8 Å². The van der Waals surface area contributed by atoms with Crippen LogP contribution in [0.15, 0.2) is 41.7 Å². The van der Waals surface area contributed by atoms with E-state index in [1.54, 1.807) is 14.0 Å². The summed E-state index contributed by atoms with van der Waals surface area (Å²) in [6.45, 7) is 0.565. The summed E-state index contributed by atoms with van der Waals surface area (Å²) in [6, 6.07) is 5.23. The number of aliphatic imine (C=N–C) groups is 1. The molecule has 1 aromatic carbocycles. The zero-order valence-corrected chi connectivity index (χ0v) is 21.5. The Balaban J connectivity index is 1.45. The number of methoxy groups -OCH3 is 1. The molecule has 1 saturated carbocycles. The van der Waals surface area contributed by atoms with Crippen molar-refractivity contribution in [2.75, 3.05) is 25.6 Å². The number of thioether (sulfide) groups is 1. The van der Waals surface area contributed by atoms with Crippen molar-refractivity contribution in [3.05, 3.63) is 53.9 Å². The van der Waals surface area contributed by atoms with E-state index in [0.29, 0.717) is 18.4 Å². The fourth-order valence-electron chi connectivity index (χ4n) is 4.95. The van der Waals surface area contributed by atoms with E-state index in [1.807, 2.05) is 0 Å². The largest absolute Gasteiger partial charge is 0.485 e. The van der Waals surface area contributed by atoms with Gasteiger partial charge in [0, 0.05) is 41.9 Å². The van der Waals surface area contributed by atoms with E-state index in [2.05, 4.69) is 20.3 Å². The van der Waals surface area contributed by atoms with Crippen LogP contribution >= 0.6 is 11.8 Å². The number of halogens is 6. The molecule has 3 N–H and O–H groups in total. The zero-order valence-electron chi connectivity index (χ0n) is 20.7. The third-order valence-corrected chi connectivity index (χ3v) is 8.18. The molecule has 0 radical (unpaired) electrons. The minimum absolute atomic E-state index is 0.0140. The summed E-state index contributed by atoms with van der Waals surface area (Å²) in [5.74, 6) is -6.61. The lowest BCUT2D eigenvalue weighted by atomic mass is 9.85. The smallest absolute Gasteiger partial charge is 0.340 e. The second-order valence-electron chi connectivity index (χ2n) is 9.65. The molecule has 0 spiro atoms. The predicted molar refractivity (Wildman–Crippen MR) is 135 cm³/mol. The number of nitrogens with one attached hydrogen (secondary N) is 1. The van der Waals surface area contributed by atoms with Gasteiger partial charge in [-0.3, -0.25) is 4.99 Å². The molecule has 1 aliphatic carbocycles. The van der Waals surface area contributed by atoms with Gasteiger partial charge >= 0.3 is 12.3 Å². The minimum atomic E-state index is -4.32. The topological polar surface area (TPSA) is 94.6 Å². The number of hydrogen-bond donors (Lipinski definition) is 2. The summed E-state index contributed by atoms with van der Waals surface area (Å²) >= 11 is 1.37. The van der Waals surface area contributed by atoms with Gasteiger partial charge in [-0.05, 0) is 31.5 Å². The molecule has 2 aliphatic rings. The Kier molecular flexibility index (Phi) is 6.82. The van der Waals surface area contributed by atoms with Crippen molar-refractivity contribution in [1.29, 1.82) is 0 Å². The maximum Gasteiger partial charge on any atom is 0.340 e. The Labute approximate surface area is 223 Å². The van der Waals surface area contributed by atoms with Gasteiger partial charge < -0.3 is 20.5 Å². The highest BCUT2D eigenvalue weighted by Crippen LogP contribution is 2.66. The van der Waals surface area contributed by atoms with Crippen molar-refractivity contribution >= 4 is 39.3 Å². The highest BCUT2D eigenvalue weighted by molar-refractivity contribution is 8.15. The molecule has 2 aromatic heterocycles. The number of alkyl halides is 4. The number of aromatic nitrogens is 2. The third kappa shape index (κ3) is 4.95. The molecule has 0 unspecified atom stereocenters. The van der Waals surface area contributed by atoms with Gasteiger partial charge in [0.25, 0.3) is 0 Å². The number of pyridine rings is 2. The Hall–Kier alpha value is -3.26. The van der Waals surface area contributed by atoms with Crippen LogP contribution in [0, 0.1) is 17.6 Å². The number of nitrogens with two attached hydrogens (primary N) is 1. The van der Waals surface area contributed by atoms with E-state index in [1.165, 1.54) is 36.2 Å². The first-order chi connectivity index (χ1) is 18.4. The quantitative estimate of drug-likeness (QED) is 0.323. The fraction of sp³-hybridized carbons (Fsp3) is 0.400. The van der Waals surface area contributed by atoms with Crippen LogP contribution < -0.4 is 15.8 Å². The fourth-order valence-corrected chi connectivity index (χ4v) is 6.40. The summed E-state index contributed by atoms with van der Waals surface area (Å²) < 4.78 is 91.1. The Morgan fingerprint density at radius 3 is 2.72 bits per heavy atom. The van der Waals surface area contributed by atoms with Gasteiger partial charge in [0.1, 0.15) is 11.3 Å². The summed E-state index contributed by atoms with van der Waals surface area (Å²) in [5, 5.41) is 3.56. The number of benzene rings is 1. The highest BCUT2D eigenvalue weighted by atomic mass is 32.2. The number of hydrogen-bond acceptors (Lipinski definition) is 8. The Morgan fingerprint density at radius 1 is 1.23 bits per heavy atom. The molecular formula is C25H23F6N5O2S. The maximum absolute atomic E-state index is 15.2. The molecule has 39 heavy (non-hydrogen) atoms. The molecule has 3 aromatic rings. The van der Waals surface area contributed by atoms with Crippen LogP contribution in [0.25, 0.3) is 10.9 Å². The van der Waals surface area contributed by atoms with E-state index < -0.39 is 36.1 Å². The minimum Gasteiger partial charge on any atom is -0.485 e. The number of rotatable bonds is 9. The first-order valence-electron chi connectivity index (χ1n) is 11.7. The van der Waals surface area contributed by atoms with Crippen molar-refractivity contribution in [2.24, 2.45) is 16.6 Å². The molecule has 0 amide bonds. The Morgan fingerprint density at radius 2 is 2.00 bits per heavy atom. The average Bonchev–Trinajstić information content (AvgIpc) is 3.59. The lowest BCUT2D eigenvalue weighted by Gasteiger charge is -2.34. The van der Waals surface area contributed by atoms with Crippen LogP contribution in [0.2, 0.25) is 0 Å². The van der Waals surface area contributed by atoms with Crippen molar-refractivity contribution in [2.45, 2.75) is 36.0 Å². The first-order valence-corrected chi connectivity index (χ1v) is 12.5. The average molecular weight is 572 g/mol. The molecule has 0 saturated heterocycles. The maximum atomic E-state index is 15.2. The standard InChI is InChI=1S/C25H23F6N5O2S/c1-23(17-8-24(17,10-37-2)39-22(32)36-23)15-6-13(7-16(26)18(15)27)35-20-19-12(3-4-33-20)5-14(9-34-19)38-11-25(30,31)21(28)29/h3-7,9,17,21H,8,10-11H2,1-2H3,(H2,32,36)(H,33,35)/t17-,23-,24+/m0/s1. The summed E-state index contributed by atoms with van der Waals surface area (Å²) in [4.78, 5) is 12.9. The molecule has 5 rings (SSSR count). The number of fused-ring (bicyclic) bond motifs is 2. The third-order valence-electron chi connectivity index (χ3n) is 6.90. The number of nitrogens with zero attached hydrogens (tertiary/aromatic N) is 3. The van der Waals surface area contributed by atoms with Crippen LogP contribution in [0.1, 0.15) is 18.9 Å². The second-order valence-corrected chi connectivity index (χ2v) is 11.1. The summed E-state index contributed by atoms with van der Waals surface area (Å²) in [7, 11) is 1.56. The van der Waals surface area contributed by atoms with E-state index in [-0.39, 0.29) is 44.2 Å². The van der Waals surface area contributed by atoms with Gasteiger partial charge in [-0.1, -0.05) is 11.8 Å². The van der Waals surface area contributed by atoms with Gasteiger partial charge in [0.2, 0.25) is 0 Å². The van der Waals surface area contributed by atoms with Gasteiger partial charge in [0.15, 0.2) is 29.2 Å². The molecule has 0 bridgehead atoms. The first kappa shape index (κ1) is 27.3. The molecule has 3 atom stereocenters. The van der Waals surface area contributed by atoms with E-state index in [0.717, 1.165) is 12.3 Å². The molecular weight excluding hydrogens is 548 g/mol. The zero-order chi connectivity index (χ0) is 28.2. The second kappa shape index (κ2) is 9.73. The lowest BCUT2D eigenvalue weighted by Crippen LogP contribution is -2.37. The van der Waals surface area contributed by atoms with Gasteiger partial charge in [0.05, 0.1) is 23.1 Å². The van der Waals surface area contributed by atoms with Crippen molar-refractivity contribution < 1.29 is 35.8 Å². The van der Waals surface area contributed by atoms with Gasteiger partial charge in [-0.2, -0.15) is 8.78 Å². The van der Waals surface area contributed by atoms with Gasteiger partial charge in [-0.25, -0.2) is 27.5 Å². The molecule has 3 heterocycles. The Bertz CT molecular complexity index is 1460. The van der Waals surface area contributed by atoms with Crippen molar-refractivity contribution in [3.8, 4) is 5.75 Å². The summed E-state index contributed by atoms with van der Waals surface area (Å²) in [6.07, 6.45) is -0.764.